The van der Waals surface area contributed by atoms with Crippen LogP contribution in [0, 0.1) is 0 Å². The van der Waals surface area contributed by atoms with Crippen LogP contribution in [-0.4, -0.2) is 37.6 Å². The maximum absolute atomic E-state index is 12.5. The van der Waals surface area contributed by atoms with Crippen LogP contribution in [-0.2, 0) is 22.6 Å². The lowest BCUT2D eigenvalue weighted by Crippen LogP contribution is -2.44. The van der Waals surface area contributed by atoms with Gasteiger partial charge in [0.25, 0.3) is 5.56 Å². The van der Waals surface area contributed by atoms with E-state index < -0.39 is 17.9 Å². The number of H-pyrrole nitrogens is 1. The van der Waals surface area contributed by atoms with Crippen molar-refractivity contribution in [1.29, 1.82) is 0 Å². The van der Waals surface area contributed by atoms with E-state index in [2.05, 4.69) is 15.3 Å². The molecular formula is C21H18N4O4. The molecule has 29 heavy (non-hydrogen) atoms. The number of carboxylic acids is 1. The van der Waals surface area contributed by atoms with Crippen LogP contribution in [0.2, 0.25) is 0 Å². The van der Waals surface area contributed by atoms with Gasteiger partial charge < -0.3 is 15.4 Å². The fourth-order valence-electron chi connectivity index (χ4n) is 3.33. The summed E-state index contributed by atoms with van der Waals surface area (Å²) >= 11 is 0. The van der Waals surface area contributed by atoms with E-state index in [9.17, 15) is 19.5 Å². The molecule has 8 nitrogen and oxygen atoms in total. The molecule has 2 aromatic heterocycles. The van der Waals surface area contributed by atoms with Crippen molar-refractivity contribution in [2.45, 2.75) is 19.0 Å². The molecular weight excluding hydrogens is 372 g/mol. The predicted molar refractivity (Wildman–Crippen MR) is 108 cm³/mol. The molecule has 0 aliphatic carbocycles. The molecule has 0 aliphatic heterocycles. The van der Waals surface area contributed by atoms with Crippen LogP contribution in [0.1, 0.15) is 5.56 Å². The SMILES string of the molecule is O=C(Cn1cnc2ccccc2c1=O)NC(Cc1c[nH]c2ccccc12)C(=O)O. The highest BCUT2D eigenvalue weighted by Gasteiger charge is 2.22. The number of rotatable bonds is 6. The Bertz CT molecular complexity index is 1270. The van der Waals surface area contributed by atoms with Gasteiger partial charge in [0.1, 0.15) is 12.6 Å². The van der Waals surface area contributed by atoms with E-state index in [-0.39, 0.29) is 18.5 Å². The summed E-state index contributed by atoms with van der Waals surface area (Å²) in [5.41, 5.74) is 1.87. The topological polar surface area (TPSA) is 117 Å². The van der Waals surface area contributed by atoms with Crippen molar-refractivity contribution in [1.82, 2.24) is 19.9 Å². The molecule has 3 N–H and O–H groups in total. The largest absolute Gasteiger partial charge is 0.480 e. The third kappa shape index (κ3) is 3.73. The van der Waals surface area contributed by atoms with Crippen LogP contribution in [0.3, 0.4) is 0 Å². The minimum atomic E-state index is -1.15. The van der Waals surface area contributed by atoms with Gasteiger partial charge in [-0.25, -0.2) is 9.78 Å². The molecule has 1 unspecified atom stereocenters. The number of fused-ring (bicyclic) bond motifs is 2. The predicted octanol–water partition coefficient (Wildman–Crippen LogP) is 1.69. The van der Waals surface area contributed by atoms with E-state index >= 15 is 0 Å². The molecule has 8 heteroatoms. The standard InChI is InChI=1S/C21H18N4O4/c26-19(11-25-12-23-17-8-4-2-6-15(17)20(25)27)24-18(21(28)29)9-13-10-22-16-7-3-1-5-14(13)16/h1-8,10,12,18,22H,9,11H2,(H,24,26)(H,28,29). The Morgan fingerprint density at radius 1 is 1.10 bits per heavy atom. The van der Waals surface area contributed by atoms with E-state index in [1.807, 2.05) is 24.3 Å². The summed E-state index contributed by atoms with van der Waals surface area (Å²) in [4.78, 5) is 43.9. The molecule has 146 valence electrons. The molecule has 4 rings (SSSR count). The molecule has 0 spiro atoms. The molecule has 2 aromatic carbocycles. The van der Waals surface area contributed by atoms with Crippen LogP contribution >= 0.6 is 0 Å². The Morgan fingerprint density at radius 2 is 1.83 bits per heavy atom. The van der Waals surface area contributed by atoms with E-state index in [0.717, 1.165) is 16.5 Å². The van der Waals surface area contributed by atoms with Gasteiger partial charge >= 0.3 is 5.97 Å². The maximum Gasteiger partial charge on any atom is 0.326 e. The number of hydrogen-bond acceptors (Lipinski definition) is 4. The number of aromatic nitrogens is 3. The summed E-state index contributed by atoms with van der Waals surface area (Å²) in [5.74, 6) is -1.72. The molecule has 1 atom stereocenters. The Kier molecular flexibility index (Phi) is 4.82. The number of benzene rings is 2. The van der Waals surface area contributed by atoms with Gasteiger partial charge in [0.15, 0.2) is 0 Å². The maximum atomic E-state index is 12.5. The lowest BCUT2D eigenvalue weighted by atomic mass is 10.0. The van der Waals surface area contributed by atoms with Crippen molar-refractivity contribution < 1.29 is 14.7 Å². The second-order valence-corrected chi connectivity index (χ2v) is 6.72. The van der Waals surface area contributed by atoms with E-state index in [4.69, 9.17) is 0 Å². The molecule has 1 amide bonds. The Labute approximate surface area is 164 Å². The number of aliphatic carboxylic acids is 1. The Balaban J connectivity index is 1.52. The summed E-state index contributed by atoms with van der Waals surface area (Å²) in [5, 5.41) is 13.4. The summed E-state index contributed by atoms with van der Waals surface area (Å²) in [6, 6.07) is 13.3. The first-order valence-corrected chi connectivity index (χ1v) is 9.04. The average Bonchev–Trinajstić information content (AvgIpc) is 3.13. The van der Waals surface area contributed by atoms with Gasteiger partial charge in [-0.1, -0.05) is 30.3 Å². The number of carbonyl (C=O) groups is 2. The number of carboxylic acid groups (broad SMARTS) is 1. The average molecular weight is 390 g/mol. The van der Waals surface area contributed by atoms with Crippen molar-refractivity contribution in [3.8, 4) is 0 Å². The highest BCUT2D eigenvalue weighted by Crippen LogP contribution is 2.19. The molecule has 0 bridgehead atoms. The van der Waals surface area contributed by atoms with Crippen LogP contribution < -0.4 is 10.9 Å². The smallest absolute Gasteiger partial charge is 0.326 e. The lowest BCUT2D eigenvalue weighted by Gasteiger charge is -2.15. The molecule has 4 aromatic rings. The number of hydrogen-bond donors (Lipinski definition) is 3. The minimum absolute atomic E-state index is 0.121. The number of para-hydroxylation sites is 2. The summed E-state index contributed by atoms with van der Waals surface area (Å²) < 4.78 is 1.17. The zero-order valence-electron chi connectivity index (χ0n) is 15.3. The van der Waals surface area contributed by atoms with Crippen LogP contribution in [0.4, 0.5) is 0 Å². The molecule has 0 fully saturated rings. The van der Waals surface area contributed by atoms with Crippen molar-refractivity contribution in [2.24, 2.45) is 0 Å². The second kappa shape index (κ2) is 7.59. The van der Waals surface area contributed by atoms with Gasteiger partial charge in [-0.3, -0.25) is 14.2 Å². The number of nitrogens with zero attached hydrogens (tertiary/aromatic N) is 2. The van der Waals surface area contributed by atoms with Gasteiger partial charge in [0.2, 0.25) is 5.91 Å². The quantitative estimate of drug-likeness (QED) is 0.463. The first-order chi connectivity index (χ1) is 14.0. The monoisotopic (exact) mass is 390 g/mol. The van der Waals surface area contributed by atoms with E-state index in [1.54, 1.807) is 30.5 Å². The van der Waals surface area contributed by atoms with Gasteiger partial charge in [-0.2, -0.15) is 0 Å². The fourth-order valence-corrected chi connectivity index (χ4v) is 3.33. The van der Waals surface area contributed by atoms with Crippen molar-refractivity contribution in [3.63, 3.8) is 0 Å². The highest BCUT2D eigenvalue weighted by molar-refractivity contribution is 5.87. The van der Waals surface area contributed by atoms with Gasteiger partial charge in [0, 0.05) is 23.5 Å². The van der Waals surface area contributed by atoms with Crippen molar-refractivity contribution >= 4 is 33.7 Å². The first-order valence-electron chi connectivity index (χ1n) is 9.04. The van der Waals surface area contributed by atoms with E-state index in [1.165, 1.54) is 10.9 Å². The van der Waals surface area contributed by atoms with E-state index in [0.29, 0.717) is 10.9 Å². The van der Waals surface area contributed by atoms with Crippen LogP contribution in [0.5, 0.6) is 0 Å². The molecule has 0 aliphatic rings. The molecule has 0 saturated heterocycles. The van der Waals surface area contributed by atoms with Crippen molar-refractivity contribution in [2.75, 3.05) is 0 Å². The zero-order valence-corrected chi connectivity index (χ0v) is 15.3. The second-order valence-electron chi connectivity index (χ2n) is 6.72. The van der Waals surface area contributed by atoms with Crippen LogP contribution in [0.15, 0.2) is 65.8 Å². The minimum Gasteiger partial charge on any atom is -0.480 e. The molecule has 0 saturated carbocycles. The normalized spacial score (nSPS) is 12.1. The van der Waals surface area contributed by atoms with Crippen molar-refractivity contribution in [3.05, 3.63) is 77.0 Å². The zero-order chi connectivity index (χ0) is 20.4. The third-order valence-electron chi connectivity index (χ3n) is 4.78. The number of nitrogens with one attached hydrogen (secondary N) is 2. The van der Waals surface area contributed by atoms with Gasteiger partial charge in [-0.05, 0) is 23.8 Å². The summed E-state index contributed by atoms with van der Waals surface area (Å²) in [6.07, 6.45) is 3.15. The Morgan fingerprint density at radius 3 is 2.62 bits per heavy atom. The Hall–Kier alpha value is -3.94. The summed E-state index contributed by atoms with van der Waals surface area (Å²) in [7, 11) is 0. The molecule has 0 radical (unpaired) electrons. The highest BCUT2D eigenvalue weighted by atomic mass is 16.4. The molecule has 2 heterocycles. The fraction of sp³-hybridized carbons (Fsp3) is 0.143. The lowest BCUT2D eigenvalue weighted by molar-refractivity contribution is -0.141. The third-order valence-corrected chi connectivity index (χ3v) is 4.78. The van der Waals surface area contributed by atoms with Gasteiger partial charge in [0.05, 0.1) is 17.2 Å². The number of aromatic amines is 1. The summed E-state index contributed by atoms with van der Waals surface area (Å²) in [6.45, 7) is -0.311. The van der Waals surface area contributed by atoms with Crippen LogP contribution in [0.25, 0.3) is 21.8 Å². The number of amides is 1. The van der Waals surface area contributed by atoms with Gasteiger partial charge in [-0.15, -0.1) is 0 Å². The first kappa shape index (κ1) is 18.4. The number of carbonyl (C=O) groups excluding carboxylic acids is 1.